The third kappa shape index (κ3) is 3.76. The summed E-state index contributed by atoms with van der Waals surface area (Å²) in [6.07, 6.45) is 1.66. The fourth-order valence-corrected chi connectivity index (χ4v) is 4.23. The average molecular weight is 361 g/mol. The molecule has 0 atom stereocenters. The van der Waals surface area contributed by atoms with Crippen LogP contribution < -0.4 is 5.32 Å². The van der Waals surface area contributed by atoms with E-state index in [4.69, 9.17) is 0 Å². The second-order valence-electron chi connectivity index (χ2n) is 8.19. The molecule has 0 bridgehead atoms. The molecule has 0 saturated heterocycles. The first-order valence-corrected chi connectivity index (χ1v) is 10.4. The largest absolute Gasteiger partial charge is 0.354 e. The molecule has 0 spiro atoms. The van der Waals surface area contributed by atoms with E-state index in [0.29, 0.717) is 19.5 Å². The van der Waals surface area contributed by atoms with Crippen LogP contribution in [0.2, 0.25) is 0 Å². The van der Waals surface area contributed by atoms with Crippen molar-refractivity contribution in [2.24, 2.45) is 16.2 Å². The topological polar surface area (TPSA) is 83.6 Å². The van der Waals surface area contributed by atoms with Crippen molar-refractivity contribution in [1.29, 1.82) is 0 Å². The highest BCUT2D eigenvalue weighted by Gasteiger charge is 2.78. The molecule has 0 aliphatic heterocycles. The van der Waals surface area contributed by atoms with Crippen molar-refractivity contribution in [3.8, 4) is 0 Å². The number of nitrogens with one attached hydrogen (secondary N) is 1. The van der Waals surface area contributed by atoms with Crippen molar-refractivity contribution in [2.45, 2.75) is 47.5 Å². The molecule has 1 N–H and O–H groups in total. The molecule has 1 saturated carbocycles. The van der Waals surface area contributed by atoms with Crippen LogP contribution in [0.4, 0.5) is 0 Å². The summed E-state index contributed by atoms with van der Waals surface area (Å²) in [7, 11) is -1.27. The van der Waals surface area contributed by atoms with Gasteiger partial charge in [0.2, 0.25) is 11.8 Å². The molecule has 0 radical (unpaired) electrons. The van der Waals surface area contributed by atoms with Crippen molar-refractivity contribution in [3.63, 3.8) is 0 Å². The summed E-state index contributed by atoms with van der Waals surface area (Å²) in [5, 5.41) is 2.74. The summed E-state index contributed by atoms with van der Waals surface area (Å²) >= 11 is 0. The Morgan fingerprint density at radius 3 is 1.96 bits per heavy atom. The molecule has 1 aliphatic rings. The molecule has 7 heteroatoms. The van der Waals surface area contributed by atoms with E-state index >= 15 is 0 Å². The van der Waals surface area contributed by atoms with Crippen LogP contribution in [-0.4, -0.2) is 57.3 Å². The molecule has 0 aromatic rings. The maximum atomic E-state index is 12.8. The van der Waals surface area contributed by atoms with Crippen LogP contribution in [0.25, 0.3) is 0 Å². The van der Waals surface area contributed by atoms with Crippen LogP contribution in [-0.2, 0) is 19.4 Å². The van der Waals surface area contributed by atoms with E-state index in [2.05, 4.69) is 33.0 Å². The van der Waals surface area contributed by atoms with Gasteiger partial charge in [-0.2, -0.15) is 0 Å². The fourth-order valence-electron chi connectivity index (χ4n) is 3.56. The van der Waals surface area contributed by atoms with Crippen LogP contribution in [0.3, 0.4) is 0 Å². The molecule has 0 aromatic heterocycles. The van der Waals surface area contributed by atoms with Gasteiger partial charge in [-0.05, 0) is 24.2 Å². The van der Waals surface area contributed by atoms with E-state index in [0.717, 1.165) is 6.26 Å². The second-order valence-corrected chi connectivity index (χ2v) is 10.4. The maximum Gasteiger partial charge on any atom is 0.229 e. The number of likely N-dealkylation sites (N-methyl/N-ethyl adjacent to an activating group) is 1. The number of hydrogen-bond acceptors (Lipinski definition) is 4. The zero-order chi connectivity index (χ0) is 19.0. The van der Waals surface area contributed by atoms with E-state index in [1.807, 2.05) is 6.92 Å². The Labute approximate surface area is 146 Å². The first-order valence-electron chi connectivity index (χ1n) is 8.38. The minimum absolute atomic E-state index is 0.0152. The Morgan fingerprint density at radius 1 is 1.04 bits per heavy atom. The van der Waals surface area contributed by atoms with E-state index in [-0.39, 0.29) is 34.8 Å². The molecule has 2 amide bonds. The average Bonchev–Trinajstić information content (AvgIpc) is 2.74. The lowest BCUT2D eigenvalue weighted by Crippen LogP contribution is -2.41. The molecule has 1 fully saturated rings. The molecular formula is C17H32N2O4S. The predicted molar refractivity (Wildman–Crippen MR) is 95.3 cm³/mol. The van der Waals surface area contributed by atoms with Gasteiger partial charge in [0, 0.05) is 32.8 Å². The standard InChI is InChI=1S/C17H32N2O4S/c1-15(2)16(3,4)17(15,5)14(21)19(6)11-10-18-13(20)9-8-12-24(7,22)23/h8-12H2,1-7H3,(H,18,20). The van der Waals surface area contributed by atoms with Gasteiger partial charge in [0.05, 0.1) is 11.2 Å². The van der Waals surface area contributed by atoms with Crippen LogP contribution in [0, 0.1) is 16.2 Å². The number of carbonyl (C=O) groups excluding carboxylic acids is 2. The molecule has 0 heterocycles. The molecule has 24 heavy (non-hydrogen) atoms. The first-order chi connectivity index (χ1) is 10.7. The number of hydrogen-bond donors (Lipinski definition) is 1. The summed E-state index contributed by atoms with van der Waals surface area (Å²) in [5.74, 6) is -0.0666. The number of carbonyl (C=O) groups is 2. The Morgan fingerprint density at radius 2 is 1.54 bits per heavy atom. The van der Waals surface area contributed by atoms with Gasteiger partial charge in [-0.1, -0.05) is 27.7 Å². The van der Waals surface area contributed by atoms with Gasteiger partial charge in [0.15, 0.2) is 0 Å². The maximum absolute atomic E-state index is 12.8. The lowest BCUT2D eigenvalue weighted by Gasteiger charge is -2.24. The summed E-state index contributed by atoms with van der Waals surface area (Å²) in [4.78, 5) is 26.1. The number of sulfone groups is 1. The molecule has 6 nitrogen and oxygen atoms in total. The minimum Gasteiger partial charge on any atom is -0.354 e. The lowest BCUT2D eigenvalue weighted by molar-refractivity contribution is -0.137. The molecule has 1 aliphatic carbocycles. The van der Waals surface area contributed by atoms with Gasteiger partial charge >= 0.3 is 0 Å². The summed E-state index contributed by atoms with van der Waals surface area (Å²) in [5.41, 5.74) is -0.505. The number of rotatable bonds is 8. The first kappa shape index (κ1) is 20.9. The predicted octanol–water partition coefficient (Wildman–Crippen LogP) is 1.46. The van der Waals surface area contributed by atoms with E-state index in [1.165, 1.54) is 0 Å². The van der Waals surface area contributed by atoms with Gasteiger partial charge in [0.1, 0.15) is 9.84 Å². The lowest BCUT2D eigenvalue weighted by atomic mass is 9.95. The van der Waals surface area contributed by atoms with Gasteiger partial charge in [-0.15, -0.1) is 0 Å². The summed E-state index contributed by atoms with van der Waals surface area (Å²) < 4.78 is 22.0. The van der Waals surface area contributed by atoms with Crippen LogP contribution in [0.15, 0.2) is 0 Å². The molecule has 1 rings (SSSR count). The molecule has 0 aromatic carbocycles. The smallest absolute Gasteiger partial charge is 0.229 e. The zero-order valence-corrected chi connectivity index (χ0v) is 16.8. The van der Waals surface area contributed by atoms with Crippen LogP contribution in [0.1, 0.15) is 47.5 Å². The van der Waals surface area contributed by atoms with Crippen molar-refractivity contribution < 1.29 is 18.0 Å². The van der Waals surface area contributed by atoms with E-state index in [1.54, 1.807) is 11.9 Å². The van der Waals surface area contributed by atoms with Gasteiger partial charge in [0.25, 0.3) is 0 Å². The highest BCUT2D eigenvalue weighted by atomic mass is 32.2. The number of nitrogens with zero attached hydrogens (tertiary/aromatic N) is 1. The molecule has 140 valence electrons. The Kier molecular flexibility index (Phi) is 5.80. The quantitative estimate of drug-likeness (QED) is 0.710. The van der Waals surface area contributed by atoms with Crippen molar-refractivity contribution in [1.82, 2.24) is 10.2 Å². The number of amides is 2. The van der Waals surface area contributed by atoms with Crippen molar-refractivity contribution in [3.05, 3.63) is 0 Å². The Balaban J connectivity index is 2.38. The van der Waals surface area contributed by atoms with Gasteiger partial charge < -0.3 is 10.2 Å². The fraction of sp³-hybridized carbons (Fsp3) is 0.882. The second kappa shape index (κ2) is 6.65. The monoisotopic (exact) mass is 360 g/mol. The highest BCUT2D eigenvalue weighted by Crippen LogP contribution is 2.78. The summed E-state index contributed by atoms with van der Waals surface area (Å²) in [6, 6.07) is 0. The highest BCUT2D eigenvalue weighted by molar-refractivity contribution is 7.90. The van der Waals surface area contributed by atoms with E-state index in [9.17, 15) is 18.0 Å². The Bertz CT molecular complexity index is 594. The summed E-state index contributed by atoms with van der Waals surface area (Å²) in [6.45, 7) is 11.3. The van der Waals surface area contributed by atoms with Gasteiger partial charge in [-0.3, -0.25) is 9.59 Å². The SMILES string of the molecule is CN(CCNC(=O)CCCS(C)(=O)=O)C(=O)C1(C)C(C)(C)C1(C)C. The Hall–Kier alpha value is -1.11. The third-order valence-corrected chi connectivity index (χ3v) is 7.49. The molecule has 0 unspecified atom stereocenters. The normalized spacial score (nSPS) is 20.3. The van der Waals surface area contributed by atoms with Crippen molar-refractivity contribution in [2.75, 3.05) is 32.1 Å². The van der Waals surface area contributed by atoms with Crippen LogP contribution >= 0.6 is 0 Å². The van der Waals surface area contributed by atoms with Crippen LogP contribution in [0.5, 0.6) is 0 Å². The van der Waals surface area contributed by atoms with Crippen molar-refractivity contribution >= 4 is 21.7 Å². The van der Waals surface area contributed by atoms with Gasteiger partial charge in [-0.25, -0.2) is 8.42 Å². The third-order valence-electron chi connectivity index (χ3n) is 6.46. The van der Waals surface area contributed by atoms with E-state index < -0.39 is 15.3 Å². The zero-order valence-electron chi connectivity index (χ0n) is 16.0. The minimum atomic E-state index is -3.03. The molecular weight excluding hydrogens is 328 g/mol.